The maximum atomic E-state index is 13.9. The molecular formula is C26H34F5N3O4S2. The number of carbonyl (C=O) groups is 1. The molecule has 1 aliphatic carbocycles. The Hall–Kier alpha value is -2.13. The van der Waals surface area contributed by atoms with Crippen LogP contribution in [0.2, 0.25) is 0 Å². The molecule has 0 bridgehead atoms. The molecule has 0 radical (unpaired) electrons. The zero-order valence-electron chi connectivity index (χ0n) is 22.6. The third-order valence-corrected chi connectivity index (χ3v) is 10.0. The van der Waals surface area contributed by atoms with Gasteiger partial charge in [0.2, 0.25) is 21.7 Å². The first-order valence-corrected chi connectivity index (χ1v) is 15.2. The first-order chi connectivity index (χ1) is 18.9. The van der Waals surface area contributed by atoms with Gasteiger partial charge in [-0.05, 0) is 56.6 Å². The smallest absolute Gasteiger partial charge is 0.248 e. The Morgan fingerprint density at radius 1 is 1.02 bits per heavy atom. The minimum absolute atomic E-state index is 0.347. The average Bonchev–Trinajstić information content (AvgIpc) is 3.43. The number of nitrogens with zero attached hydrogens (tertiary/aromatic N) is 2. The predicted octanol–water partition coefficient (Wildman–Crippen LogP) is 4.70. The number of benzene rings is 1. The number of likely N-dealkylation sites (N-methyl/N-ethyl adjacent to an activating group) is 1. The van der Waals surface area contributed by atoms with Gasteiger partial charge in [-0.15, -0.1) is 11.3 Å². The molecule has 1 atom stereocenters. The highest BCUT2D eigenvalue weighted by molar-refractivity contribution is 7.89. The number of amides is 1. The Kier molecular flexibility index (Phi) is 11.5. The number of rotatable bonds is 13. The highest BCUT2D eigenvalue weighted by atomic mass is 32.2. The van der Waals surface area contributed by atoms with Gasteiger partial charge >= 0.3 is 0 Å². The van der Waals surface area contributed by atoms with Gasteiger partial charge in [0.1, 0.15) is 6.61 Å². The van der Waals surface area contributed by atoms with Gasteiger partial charge < -0.3 is 15.0 Å². The van der Waals surface area contributed by atoms with Crippen molar-refractivity contribution in [2.24, 2.45) is 11.8 Å². The summed E-state index contributed by atoms with van der Waals surface area (Å²) < 4.78 is 98.3. The Morgan fingerprint density at radius 2 is 1.62 bits per heavy atom. The standard InChI is InChI=1S/C26H34F5N3O4S2/c1-33(2)25(18-5-4-14-39-18)17-8-6-16(7-9-17)10-11-32-19(35)15-38-13-12-34(3)40(36,37)26-23(30)21(28)20(27)22(29)24(26)31/h4-5,14,16-17,25H,6-13,15H2,1-3H3,(H,32,35). The van der Waals surface area contributed by atoms with Crippen molar-refractivity contribution in [3.8, 4) is 0 Å². The number of thiophene rings is 1. The molecule has 40 heavy (non-hydrogen) atoms. The summed E-state index contributed by atoms with van der Waals surface area (Å²) in [6.07, 6.45) is 5.22. The molecule has 1 aromatic carbocycles. The third kappa shape index (κ3) is 7.58. The van der Waals surface area contributed by atoms with E-state index in [4.69, 9.17) is 4.74 Å². The molecule has 1 aromatic heterocycles. The number of ether oxygens (including phenoxy) is 1. The molecule has 1 fully saturated rings. The monoisotopic (exact) mass is 611 g/mol. The maximum Gasteiger partial charge on any atom is 0.248 e. The van der Waals surface area contributed by atoms with E-state index in [9.17, 15) is 35.2 Å². The fourth-order valence-electron chi connectivity index (χ4n) is 5.07. The quantitative estimate of drug-likeness (QED) is 0.154. The van der Waals surface area contributed by atoms with Crippen LogP contribution in [0, 0.1) is 40.9 Å². The second-order valence-corrected chi connectivity index (χ2v) is 13.1. The molecule has 224 valence electrons. The number of carbonyl (C=O) groups excluding carboxylic acids is 1. The lowest BCUT2D eigenvalue weighted by atomic mass is 9.76. The number of halogens is 5. The van der Waals surface area contributed by atoms with Crippen molar-refractivity contribution in [1.29, 1.82) is 0 Å². The van der Waals surface area contributed by atoms with Crippen molar-refractivity contribution in [2.45, 2.75) is 43.0 Å². The van der Waals surface area contributed by atoms with E-state index >= 15 is 0 Å². The summed E-state index contributed by atoms with van der Waals surface area (Å²) in [7, 11) is 0.0521. The highest BCUT2D eigenvalue weighted by Gasteiger charge is 2.36. The Balaban J connectivity index is 1.37. The average molecular weight is 612 g/mol. The molecule has 3 rings (SSSR count). The van der Waals surface area contributed by atoms with Crippen molar-refractivity contribution in [3.63, 3.8) is 0 Å². The van der Waals surface area contributed by atoms with Gasteiger partial charge in [-0.25, -0.2) is 30.4 Å². The summed E-state index contributed by atoms with van der Waals surface area (Å²) in [5.74, 6) is -11.4. The topological polar surface area (TPSA) is 79.0 Å². The van der Waals surface area contributed by atoms with E-state index < -0.39 is 56.5 Å². The molecule has 0 spiro atoms. The van der Waals surface area contributed by atoms with Crippen molar-refractivity contribution >= 4 is 27.3 Å². The molecule has 1 N–H and O–H groups in total. The van der Waals surface area contributed by atoms with Gasteiger partial charge in [0.25, 0.3) is 0 Å². The highest BCUT2D eigenvalue weighted by Crippen LogP contribution is 2.41. The molecule has 1 heterocycles. The molecule has 0 aliphatic heterocycles. The fourth-order valence-corrected chi connectivity index (χ4v) is 7.35. The third-order valence-electron chi connectivity index (χ3n) is 7.23. The van der Waals surface area contributed by atoms with Crippen LogP contribution in [-0.2, 0) is 19.6 Å². The summed E-state index contributed by atoms with van der Waals surface area (Å²) >= 11 is 1.78. The van der Waals surface area contributed by atoms with E-state index in [0.717, 1.165) is 39.2 Å². The van der Waals surface area contributed by atoms with Gasteiger partial charge in [0, 0.05) is 31.1 Å². The van der Waals surface area contributed by atoms with Crippen LogP contribution < -0.4 is 5.32 Å². The summed E-state index contributed by atoms with van der Waals surface area (Å²) in [4.78, 5) is 13.8. The molecule has 7 nitrogen and oxygen atoms in total. The van der Waals surface area contributed by atoms with Gasteiger partial charge in [-0.3, -0.25) is 4.79 Å². The lowest BCUT2D eigenvalue weighted by Crippen LogP contribution is -2.34. The summed E-state index contributed by atoms with van der Waals surface area (Å²) in [5.41, 5.74) is 0. The largest absolute Gasteiger partial charge is 0.370 e. The lowest BCUT2D eigenvalue weighted by molar-refractivity contribution is -0.125. The zero-order valence-corrected chi connectivity index (χ0v) is 24.2. The lowest BCUT2D eigenvalue weighted by Gasteiger charge is -2.37. The minimum atomic E-state index is -5.06. The van der Waals surface area contributed by atoms with E-state index in [1.165, 1.54) is 4.88 Å². The van der Waals surface area contributed by atoms with Crippen LogP contribution in [-0.4, -0.2) is 71.0 Å². The van der Waals surface area contributed by atoms with E-state index in [1.54, 1.807) is 11.3 Å². The normalized spacial score (nSPS) is 18.9. The molecule has 2 aromatic rings. The summed E-state index contributed by atoms with van der Waals surface area (Å²) in [6.45, 7) is -0.750. The van der Waals surface area contributed by atoms with Crippen LogP contribution in [0.25, 0.3) is 0 Å². The number of hydrogen-bond acceptors (Lipinski definition) is 6. The Labute approximate surface area is 235 Å². The zero-order chi connectivity index (χ0) is 29.6. The molecule has 1 unspecified atom stereocenters. The molecule has 1 aliphatic rings. The van der Waals surface area contributed by atoms with Crippen molar-refractivity contribution in [2.75, 3.05) is 47.4 Å². The number of nitrogens with one attached hydrogen (secondary N) is 1. The fraction of sp³-hybridized carbons (Fsp3) is 0.577. The molecule has 14 heteroatoms. The molecule has 1 amide bonds. The Morgan fingerprint density at radius 3 is 2.17 bits per heavy atom. The van der Waals surface area contributed by atoms with E-state index in [0.29, 0.717) is 28.7 Å². The van der Waals surface area contributed by atoms with E-state index in [2.05, 4.69) is 41.8 Å². The van der Waals surface area contributed by atoms with Crippen LogP contribution >= 0.6 is 11.3 Å². The van der Waals surface area contributed by atoms with Crippen LogP contribution in [0.15, 0.2) is 22.4 Å². The Bertz CT molecular complexity index is 1220. The van der Waals surface area contributed by atoms with Crippen molar-refractivity contribution < 1.29 is 39.9 Å². The van der Waals surface area contributed by atoms with Crippen LogP contribution in [0.5, 0.6) is 0 Å². The van der Waals surface area contributed by atoms with Gasteiger partial charge in [0.15, 0.2) is 28.2 Å². The van der Waals surface area contributed by atoms with Crippen LogP contribution in [0.4, 0.5) is 22.0 Å². The first kappa shape index (κ1) is 32.4. The van der Waals surface area contributed by atoms with Crippen molar-refractivity contribution in [3.05, 3.63) is 51.5 Å². The molecule has 0 saturated heterocycles. The number of sulfonamides is 1. The summed E-state index contributed by atoms with van der Waals surface area (Å²) in [6, 6.07) is 4.67. The summed E-state index contributed by atoms with van der Waals surface area (Å²) in [5, 5.41) is 4.86. The second kappa shape index (κ2) is 14.2. The SMILES string of the molecule is CN(C)C(c1cccs1)C1CCC(CCNC(=O)COCCN(C)S(=O)(=O)c2c(F)c(F)c(F)c(F)c2F)CC1. The van der Waals surface area contributed by atoms with E-state index in [1.807, 2.05) is 0 Å². The predicted molar refractivity (Wildman–Crippen MR) is 141 cm³/mol. The molecular weight excluding hydrogens is 577 g/mol. The molecule has 1 saturated carbocycles. The van der Waals surface area contributed by atoms with Gasteiger partial charge in [-0.1, -0.05) is 18.9 Å². The van der Waals surface area contributed by atoms with Crippen LogP contribution in [0.3, 0.4) is 0 Å². The van der Waals surface area contributed by atoms with Gasteiger partial charge in [0.05, 0.1) is 6.61 Å². The number of hydrogen-bond donors (Lipinski definition) is 1. The minimum Gasteiger partial charge on any atom is -0.370 e. The maximum absolute atomic E-state index is 13.9. The van der Waals surface area contributed by atoms with E-state index in [-0.39, 0.29) is 13.2 Å². The second-order valence-electron chi connectivity index (χ2n) is 10.1. The van der Waals surface area contributed by atoms with Crippen LogP contribution in [0.1, 0.15) is 43.0 Å². The first-order valence-electron chi connectivity index (χ1n) is 12.9. The van der Waals surface area contributed by atoms with Gasteiger partial charge in [-0.2, -0.15) is 4.31 Å². The van der Waals surface area contributed by atoms with Crippen molar-refractivity contribution in [1.82, 2.24) is 14.5 Å².